The number of ether oxygens (including phenoxy) is 1. The molecule has 7 heteroatoms. The van der Waals surface area contributed by atoms with E-state index in [1.54, 1.807) is 4.90 Å². The fraction of sp³-hybridized carbons (Fsp3) is 0.381. The van der Waals surface area contributed by atoms with Gasteiger partial charge in [-0.05, 0) is 36.6 Å². The number of pyridine rings is 1. The highest BCUT2D eigenvalue weighted by Gasteiger charge is 2.32. The van der Waals surface area contributed by atoms with Gasteiger partial charge in [0.25, 0.3) is 0 Å². The van der Waals surface area contributed by atoms with Crippen LogP contribution < -0.4 is 10.1 Å². The third-order valence-corrected chi connectivity index (χ3v) is 5.02. The van der Waals surface area contributed by atoms with E-state index < -0.39 is 0 Å². The van der Waals surface area contributed by atoms with Crippen LogP contribution in [0.5, 0.6) is 5.75 Å². The van der Waals surface area contributed by atoms with Gasteiger partial charge in [0.1, 0.15) is 17.7 Å². The van der Waals surface area contributed by atoms with Gasteiger partial charge in [0.15, 0.2) is 5.65 Å². The zero-order valence-electron chi connectivity index (χ0n) is 16.0. The number of nitrogens with zero attached hydrogens (tertiary/aromatic N) is 4. The molecule has 1 N–H and O–H groups in total. The fourth-order valence-electron chi connectivity index (χ4n) is 3.38. The van der Waals surface area contributed by atoms with Gasteiger partial charge in [-0.25, -0.2) is 4.79 Å². The Balaban J connectivity index is 1.18. The lowest BCUT2D eigenvalue weighted by Crippen LogP contribution is -2.59. The van der Waals surface area contributed by atoms with E-state index in [9.17, 15) is 4.79 Å². The second-order valence-electron chi connectivity index (χ2n) is 6.99. The summed E-state index contributed by atoms with van der Waals surface area (Å²) in [5.74, 6) is 1.84. The highest BCUT2D eigenvalue weighted by molar-refractivity contribution is 5.75. The first kappa shape index (κ1) is 18.3. The molecule has 7 nitrogen and oxygen atoms in total. The summed E-state index contributed by atoms with van der Waals surface area (Å²) in [6.07, 6.45) is 4.55. The van der Waals surface area contributed by atoms with E-state index in [0.29, 0.717) is 19.6 Å². The number of benzene rings is 1. The number of nitrogens with one attached hydrogen (secondary N) is 1. The van der Waals surface area contributed by atoms with Crippen LogP contribution >= 0.6 is 0 Å². The molecule has 1 saturated heterocycles. The number of likely N-dealkylation sites (tertiary alicyclic amines) is 1. The largest absolute Gasteiger partial charge is 0.486 e. The molecular weight excluding hydrogens is 354 g/mol. The molecule has 2 amide bonds. The van der Waals surface area contributed by atoms with Gasteiger partial charge in [-0.1, -0.05) is 31.2 Å². The smallest absolute Gasteiger partial charge is 0.317 e. The van der Waals surface area contributed by atoms with Crippen molar-refractivity contribution in [2.24, 2.45) is 0 Å². The van der Waals surface area contributed by atoms with Gasteiger partial charge in [-0.2, -0.15) is 0 Å². The number of amides is 2. The predicted molar refractivity (Wildman–Crippen MR) is 107 cm³/mol. The van der Waals surface area contributed by atoms with Crippen LogP contribution in [0.15, 0.2) is 48.7 Å². The molecule has 0 spiro atoms. The summed E-state index contributed by atoms with van der Waals surface area (Å²) < 4.78 is 8.01. The number of hydrogen-bond donors (Lipinski definition) is 1. The van der Waals surface area contributed by atoms with Crippen molar-refractivity contribution in [1.29, 1.82) is 0 Å². The van der Waals surface area contributed by atoms with Gasteiger partial charge in [0, 0.05) is 19.2 Å². The second kappa shape index (κ2) is 8.29. The fourth-order valence-corrected chi connectivity index (χ4v) is 3.38. The number of fused-ring (bicyclic) bond motifs is 1. The predicted octanol–water partition coefficient (Wildman–Crippen LogP) is 2.70. The minimum atomic E-state index is -0.0327. The van der Waals surface area contributed by atoms with Crippen LogP contribution in [-0.2, 0) is 12.8 Å². The summed E-state index contributed by atoms with van der Waals surface area (Å²) in [7, 11) is 0. The average Bonchev–Trinajstić information content (AvgIpc) is 3.11. The molecule has 1 aliphatic heterocycles. The Labute approximate surface area is 164 Å². The number of urea groups is 1. The standard InChI is InChI=1S/C21H25N5O2/c1-2-16-8-3-4-9-18(16)28-17-14-25(15-17)21(27)22-12-7-11-20-24-23-19-10-5-6-13-26(19)20/h3-6,8-10,13,17H,2,7,11-12,14-15H2,1H3,(H,22,27). The third kappa shape index (κ3) is 3.93. The molecule has 0 radical (unpaired) electrons. The molecule has 0 saturated carbocycles. The van der Waals surface area contributed by atoms with Crippen molar-refractivity contribution in [2.45, 2.75) is 32.3 Å². The van der Waals surface area contributed by atoms with Crippen LogP contribution in [-0.4, -0.2) is 51.3 Å². The van der Waals surface area contributed by atoms with Crippen LogP contribution in [0.3, 0.4) is 0 Å². The molecule has 28 heavy (non-hydrogen) atoms. The number of carbonyl (C=O) groups excluding carboxylic acids is 1. The summed E-state index contributed by atoms with van der Waals surface area (Å²) >= 11 is 0. The van der Waals surface area contributed by atoms with Gasteiger partial charge in [-0.3, -0.25) is 4.40 Å². The average molecular weight is 379 g/mol. The van der Waals surface area contributed by atoms with E-state index in [0.717, 1.165) is 36.5 Å². The van der Waals surface area contributed by atoms with Crippen molar-refractivity contribution in [3.63, 3.8) is 0 Å². The minimum absolute atomic E-state index is 0.0327. The maximum absolute atomic E-state index is 12.2. The maximum atomic E-state index is 12.2. The van der Waals surface area contributed by atoms with Crippen LogP contribution in [0.25, 0.3) is 5.65 Å². The number of rotatable bonds is 7. The van der Waals surface area contributed by atoms with E-state index in [2.05, 4.69) is 28.5 Å². The normalized spacial score (nSPS) is 14.1. The molecule has 2 aromatic heterocycles. The first-order valence-electron chi connectivity index (χ1n) is 9.80. The van der Waals surface area contributed by atoms with E-state index >= 15 is 0 Å². The molecule has 0 bridgehead atoms. The van der Waals surface area contributed by atoms with Gasteiger partial charge in [0.2, 0.25) is 0 Å². The van der Waals surface area contributed by atoms with Crippen molar-refractivity contribution in [3.8, 4) is 5.75 Å². The van der Waals surface area contributed by atoms with Gasteiger partial charge in [0.05, 0.1) is 13.1 Å². The maximum Gasteiger partial charge on any atom is 0.317 e. The Morgan fingerprint density at radius 3 is 2.86 bits per heavy atom. The monoisotopic (exact) mass is 379 g/mol. The molecule has 4 rings (SSSR count). The van der Waals surface area contributed by atoms with Gasteiger partial charge >= 0.3 is 6.03 Å². The topological polar surface area (TPSA) is 71.8 Å². The first-order chi connectivity index (χ1) is 13.7. The number of hydrogen-bond acceptors (Lipinski definition) is 4. The molecule has 3 aromatic rings. The molecule has 3 heterocycles. The number of carbonyl (C=O) groups is 1. The first-order valence-corrected chi connectivity index (χ1v) is 9.80. The molecule has 1 aromatic carbocycles. The van der Waals surface area contributed by atoms with E-state index in [4.69, 9.17) is 4.74 Å². The van der Waals surface area contributed by atoms with Gasteiger partial charge in [-0.15, -0.1) is 10.2 Å². The third-order valence-electron chi connectivity index (χ3n) is 5.02. The van der Waals surface area contributed by atoms with Crippen molar-refractivity contribution < 1.29 is 9.53 Å². The Morgan fingerprint density at radius 2 is 2.00 bits per heavy atom. The Hall–Kier alpha value is -3.09. The summed E-state index contributed by atoms with van der Waals surface area (Å²) in [4.78, 5) is 14.0. The molecule has 1 fully saturated rings. The molecule has 0 unspecified atom stereocenters. The highest BCUT2D eigenvalue weighted by Crippen LogP contribution is 2.22. The Kier molecular flexibility index (Phi) is 5.41. The quantitative estimate of drug-likeness (QED) is 0.641. The lowest BCUT2D eigenvalue weighted by Gasteiger charge is -2.39. The second-order valence-corrected chi connectivity index (χ2v) is 6.99. The van der Waals surface area contributed by atoms with Gasteiger partial charge < -0.3 is 15.0 Å². The van der Waals surface area contributed by atoms with Crippen LogP contribution in [0.2, 0.25) is 0 Å². The van der Waals surface area contributed by atoms with Crippen molar-refractivity contribution in [3.05, 3.63) is 60.0 Å². The summed E-state index contributed by atoms with van der Waals surface area (Å²) in [5.41, 5.74) is 2.05. The number of para-hydroxylation sites is 1. The van der Waals surface area contributed by atoms with Crippen LogP contribution in [0.1, 0.15) is 24.7 Å². The van der Waals surface area contributed by atoms with Crippen LogP contribution in [0, 0.1) is 0 Å². The summed E-state index contributed by atoms with van der Waals surface area (Å²) in [6.45, 7) is 3.98. The molecule has 1 aliphatic rings. The SMILES string of the molecule is CCc1ccccc1OC1CN(C(=O)NCCCc2nnc3ccccn23)C1. The molecule has 146 valence electrons. The zero-order chi connectivity index (χ0) is 19.3. The van der Waals surface area contributed by atoms with Crippen molar-refractivity contribution in [1.82, 2.24) is 24.8 Å². The Bertz CT molecular complexity index is 949. The highest BCUT2D eigenvalue weighted by atomic mass is 16.5. The summed E-state index contributed by atoms with van der Waals surface area (Å²) in [5, 5.41) is 11.3. The van der Waals surface area contributed by atoms with Crippen molar-refractivity contribution >= 4 is 11.7 Å². The minimum Gasteiger partial charge on any atom is -0.486 e. The summed E-state index contributed by atoms with van der Waals surface area (Å²) in [6, 6.07) is 13.9. The van der Waals surface area contributed by atoms with E-state index in [-0.39, 0.29) is 12.1 Å². The van der Waals surface area contributed by atoms with E-state index in [1.165, 1.54) is 5.56 Å². The number of aryl methyl sites for hydroxylation is 2. The molecule has 0 atom stereocenters. The molecule has 0 aliphatic carbocycles. The van der Waals surface area contributed by atoms with Crippen molar-refractivity contribution in [2.75, 3.05) is 19.6 Å². The van der Waals surface area contributed by atoms with E-state index in [1.807, 2.05) is 47.0 Å². The molecular formula is C21H25N5O2. The number of aromatic nitrogens is 3. The lowest BCUT2D eigenvalue weighted by atomic mass is 10.1. The zero-order valence-corrected chi connectivity index (χ0v) is 16.0. The van der Waals surface area contributed by atoms with Crippen LogP contribution in [0.4, 0.5) is 4.79 Å². The Morgan fingerprint density at radius 1 is 1.18 bits per heavy atom. The lowest BCUT2D eigenvalue weighted by molar-refractivity contribution is 0.0439.